The summed E-state index contributed by atoms with van der Waals surface area (Å²) in [5, 5.41) is 9.49. The van der Waals surface area contributed by atoms with Gasteiger partial charge in [-0.2, -0.15) is 10.2 Å². The average Bonchev–Trinajstić information content (AvgIpc) is 3.30. The minimum atomic E-state index is -0.688. The van der Waals surface area contributed by atoms with Gasteiger partial charge in [-0.3, -0.25) is 4.79 Å². The van der Waals surface area contributed by atoms with E-state index in [0.717, 1.165) is 22.2 Å². The Labute approximate surface area is 207 Å². The first-order valence-corrected chi connectivity index (χ1v) is 11.5. The van der Waals surface area contributed by atoms with Crippen LogP contribution < -0.4 is 10.3 Å². The third kappa shape index (κ3) is 4.36. The number of rotatable bonds is 7. The fourth-order valence-electron chi connectivity index (χ4n) is 4.08. The van der Waals surface area contributed by atoms with Gasteiger partial charge in [0.05, 0.1) is 37.0 Å². The molecule has 8 nitrogen and oxygen atoms in total. The van der Waals surface area contributed by atoms with Crippen LogP contribution in [-0.4, -0.2) is 39.1 Å². The van der Waals surface area contributed by atoms with Gasteiger partial charge in [-0.1, -0.05) is 48.5 Å². The normalized spacial score (nSPS) is 10.9. The molecule has 3 heterocycles. The summed E-state index contributed by atoms with van der Waals surface area (Å²) < 4.78 is 13.5. The maximum absolute atomic E-state index is 13.3. The lowest BCUT2D eigenvalue weighted by atomic mass is 10.0. The number of benzene rings is 2. The second kappa shape index (κ2) is 9.87. The fourth-order valence-corrected chi connectivity index (χ4v) is 4.08. The van der Waals surface area contributed by atoms with Crippen molar-refractivity contribution in [3.8, 4) is 28.3 Å². The second-order valence-electron chi connectivity index (χ2n) is 8.09. The number of fused-ring (bicyclic) bond motifs is 1. The monoisotopic (exact) mass is 480 g/mol. The van der Waals surface area contributed by atoms with E-state index in [2.05, 4.69) is 0 Å². The van der Waals surface area contributed by atoms with Gasteiger partial charge in [0, 0.05) is 11.8 Å². The number of carbonyl (C=O) groups is 1. The summed E-state index contributed by atoms with van der Waals surface area (Å²) in [5.74, 6) is 0.0197. The molecule has 3 aromatic heterocycles. The van der Waals surface area contributed by atoms with E-state index in [1.807, 2.05) is 79.0 Å². The van der Waals surface area contributed by atoms with Gasteiger partial charge in [0.2, 0.25) is 0 Å². The van der Waals surface area contributed by atoms with E-state index in [-0.39, 0.29) is 18.7 Å². The van der Waals surface area contributed by atoms with E-state index in [9.17, 15) is 9.59 Å². The maximum atomic E-state index is 13.3. The van der Waals surface area contributed by atoms with Crippen molar-refractivity contribution in [2.75, 3.05) is 13.7 Å². The zero-order valence-electron chi connectivity index (χ0n) is 19.9. The standard InChI is InChI=1S/C28H24N4O4/c1-3-36-28(34)22-17-23(29-32(27(22)33)18-19-12-14-21(35-2)15-13-19)25-24-11-7-8-16-31(24)30-26(25)20-9-5-4-6-10-20/h4-17H,3,18H2,1-2H3. The molecule has 0 amide bonds. The van der Waals surface area contributed by atoms with Crippen molar-refractivity contribution < 1.29 is 14.3 Å². The lowest BCUT2D eigenvalue weighted by Gasteiger charge is -2.12. The molecular formula is C28H24N4O4. The quantitative estimate of drug-likeness (QED) is 0.320. The number of hydrogen-bond donors (Lipinski definition) is 0. The highest BCUT2D eigenvalue weighted by Gasteiger charge is 2.23. The summed E-state index contributed by atoms with van der Waals surface area (Å²) in [6.45, 7) is 2.03. The Morgan fingerprint density at radius 3 is 2.42 bits per heavy atom. The van der Waals surface area contributed by atoms with Gasteiger partial charge in [-0.15, -0.1) is 0 Å². The zero-order valence-corrected chi connectivity index (χ0v) is 19.9. The van der Waals surface area contributed by atoms with Gasteiger partial charge >= 0.3 is 5.97 Å². The Morgan fingerprint density at radius 2 is 1.69 bits per heavy atom. The number of aromatic nitrogens is 4. The Hall–Kier alpha value is -4.72. The Kier molecular flexibility index (Phi) is 6.32. The number of carbonyl (C=O) groups excluding carboxylic acids is 1. The molecule has 0 spiro atoms. The van der Waals surface area contributed by atoms with Gasteiger partial charge in [-0.05, 0) is 42.8 Å². The van der Waals surface area contributed by atoms with Gasteiger partial charge in [0.25, 0.3) is 5.56 Å². The highest BCUT2D eigenvalue weighted by Crippen LogP contribution is 2.34. The van der Waals surface area contributed by atoms with Crippen LogP contribution in [0.25, 0.3) is 28.0 Å². The average molecular weight is 481 g/mol. The van der Waals surface area contributed by atoms with Crippen molar-refractivity contribution in [1.82, 2.24) is 19.4 Å². The van der Waals surface area contributed by atoms with Gasteiger partial charge in [-0.25, -0.2) is 14.0 Å². The topological polar surface area (TPSA) is 87.7 Å². The molecule has 8 heteroatoms. The third-order valence-electron chi connectivity index (χ3n) is 5.80. The van der Waals surface area contributed by atoms with Crippen LogP contribution in [0.15, 0.2) is 89.9 Å². The van der Waals surface area contributed by atoms with Crippen molar-refractivity contribution in [2.45, 2.75) is 13.5 Å². The van der Waals surface area contributed by atoms with Crippen molar-refractivity contribution >= 4 is 11.5 Å². The smallest absolute Gasteiger partial charge is 0.343 e. The molecule has 0 bridgehead atoms. The van der Waals surface area contributed by atoms with Crippen molar-refractivity contribution in [2.24, 2.45) is 0 Å². The summed E-state index contributed by atoms with van der Waals surface area (Å²) in [7, 11) is 1.59. The van der Waals surface area contributed by atoms with E-state index < -0.39 is 11.5 Å². The highest BCUT2D eigenvalue weighted by atomic mass is 16.5. The first-order chi connectivity index (χ1) is 17.6. The van der Waals surface area contributed by atoms with Crippen LogP contribution in [0.2, 0.25) is 0 Å². The lowest BCUT2D eigenvalue weighted by molar-refractivity contribution is 0.0523. The molecule has 0 aliphatic carbocycles. The molecule has 0 radical (unpaired) electrons. The molecule has 36 heavy (non-hydrogen) atoms. The minimum absolute atomic E-state index is 0.0790. The molecule has 0 fully saturated rings. The highest BCUT2D eigenvalue weighted by molar-refractivity contribution is 5.94. The van der Waals surface area contributed by atoms with E-state index >= 15 is 0 Å². The van der Waals surface area contributed by atoms with Crippen LogP contribution in [0.1, 0.15) is 22.8 Å². The summed E-state index contributed by atoms with van der Waals surface area (Å²) in [4.78, 5) is 26.1. The van der Waals surface area contributed by atoms with Crippen molar-refractivity contribution in [3.05, 3.63) is 107 Å². The molecular weight excluding hydrogens is 456 g/mol. The number of nitrogens with zero attached hydrogens (tertiary/aromatic N) is 4. The van der Waals surface area contributed by atoms with E-state index in [1.165, 1.54) is 10.7 Å². The first kappa shape index (κ1) is 23.0. The predicted octanol–water partition coefficient (Wildman–Crippen LogP) is 4.46. The molecule has 2 aromatic carbocycles. The molecule has 5 rings (SSSR count). The lowest BCUT2D eigenvalue weighted by Crippen LogP contribution is -2.30. The maximum Gasteiger partial charge on any atom is 0.343 e. The number of esters is 1. The first-order valence-electron chi connectivity index (χ1n) is 11.5. The molecule has 0 atom stereocenters. The predicted molar refractivity (Wildman–Crippen MR) is 136 cm³/mol. The van der Waals surface area contributed by atoms with Crippen LogP contribution in [0, 0.1) is 0 Å². The van der Waals surface area contributed by atoms with E-state index in [0.29, 0.717) is 17.1 Å². The van der Waals surface area contributed by atoms with Gasteiger partial charge < -0.3 is 9.47 Å². The molecule has 0 saturated carbocycles. The van der Waals surface area contributed by atoms with Crippen LogP contribution in [-0.2, 0) is 11.3 Å². The molecule has 0 aliphatic rings. The largest absolute Gasteiger partial charge is 0.497 e. The van der Waals surface area contributed by atoms with Gasteiger partial charge in [0.15, 0.2) is 0 Å². The van der Waals surface area contributed by atoms with E-state index in [1.54, 1.807) is 18.5 Å². The van der Waals surface area contributed by atoms with Crippen LogP contribution in [0.4, 0.5) is 0 Å². The Bertz CT molecular complexity index is 1590. The summed E-state index contributed by atoms with van der Waals surface area (Å²) in [5.41, 5.74) is 3.79. The summed E-state index contributed by atoms with van der Waals surface area (Å²) >= 11 is 0. The fraction of sp³-hybridized carbons (Fsp3) is 0.143. The third-order valence-corrected chi connectivity index (χ3v) is 5.80. The molecule has 180 valence electrons. The van der Waals surface area contributed by atoms with Crippen LogP contribution in [0.3, 0.4) is 0 Å². The Balaban J connectivity index is 1.73. The van der Waals surface area contributed by atoms with Crippen molar-refractivity contribution in [1.29, 1.82) is 0 Å². The number of pyridine rings is 1. The molecule has 0 aliphatic heterocycles. The van der Waals surface area contributed by atoms with Crippen LogP contribution in [0.5, 0.6) is 5.75 Å². The number of methoxy groups -OCH3 is 1. The number of hydrogen-bond acceptors (Lipinski definition) is 6. The summed E-state index contributed by atoms with van der Waals surface area (Å²) in [6, 6.07) is 24.3. The summed E-state index contributed by atoms with van der Waals surface area (Å²) in [6.07, 6.45) is 1.85. The zero-order chi connectivity index (χ0) is 25.1. The van der Waals surface area contributed by atoms with Crippen molar-refractivity contribution in [3.63, 3.8) is 0 Å². The van der Waals surface area contributed by atoms with Gasteiger partial charge in [0.1, 0.15) is 17.0 Å². The molecule has 0 saturated heterocycles. The second-order valence-corrected chi connectivity index (χ2v) is 8.09. The Morgan fingerprint density at radius 1 is 0.944 bits per heavy atom. The minimum Gasteiger partial charge on any atom is -0.497 e. The SMILES string of the molecule is CCOC(=O)c1cc(-c2c(-c3ccccc3)nn3ccccc23)nn(Cc2ccc(OC)cc2)c1=O. The van der Waals surface area contributed by atoms with E-state index in [4.69, 9.17) is 19.7 Å². The molecule has 5 aromatic rings. The number of ether oxygens (including phenoxy) is 2. The van der Waals surface area contributed by atoms with Crippen LogP contribution >= 0.6 is 0 Å². The molecule has 0 unspecified atom stereocenters. The molecule has 0 N–H and O–H groups in total.